The number of alkyl carbamates (subject to hydrolysis) is 1. The van der Waals surface area contributed by atoms with Crippen LogP contribution in [0.15, 0.2) is 72.9 Å². The Kier molecular flexibility index (Phi) is 7.09. The van der Waals surface area contributed by atoms with Gasteiger partial charge in [0.15, 0.2) is 0 Å². The van der Waals surface area contributed by atoms with Crippen molar-refractivity contribution in [3.63, 3.8) is 0 Å². The van der Waals surface area contributed by atoms with Crippen LogP contribution >= 0.6 is 0 Å². The lowest BCUT2D eigenvalue weighted by molar-refractivity contribution is -0.139. The molecule has 4 aromatic rings. The van der Waals surface area contributed by atoms with Crippen molar-refractivity contribution in [2.75, 3.05) is 13.7 Å². The molecule has 7 heteroatoms. The summed E-state index contributed by atoms with van der Waals surface area (Å²) in [7, 11) is 1.60. The first kappa shape index (κ1) is 25.4. The Balaban J connectivity index is 1.32. The normalized spacial score (nSPS) is 13.3. The number of ether oxygens (including phenoxy) is 2. The molecule has 7 nitrogen and oxygen atoms in total. The van der Waals surface area contributed by atoms with Crippen LogP contribution in [0.5, 0.6) is 5.75 Å². The predicted octanol–water partition coefficient (Wildman–Crippen LogP) is 5.84. The summed E-state index contributed by atoms with van der Waals surface area (Å²) in [6, 6.07) is 20.8. The lowest BCUT2D eigenvalue weighted by atomic mass is 9.98. The van der Waals surface area contributed by atoms with Crippen LogP contribution < -0.4 is 10.1 Å². The highest BCUT2D eigenvalue weighted by Crippen LogP contribution is 2.44. The fourth-order valence-corrected chi connectivity index (χ4v) is 5.39. The van der Waals surface area contributed by atoms with Crippen molar-refractivity contribution in [3.05, 3.63) is 89.6 Å². The Morgan fingerprint density at radius 3 is 2.26 bits per heavy atom. The summed E-state index contributed by atoms with van der Waals surface area (Å²) in [6.07, 6.45) is 1.34. The molecule has 1 unspecified atom stereocenters. The second-order valence-electron chi connectivity index (χ2n) is 10.1. The molecule has 1 heterocycles. The number of benzene rings is 3. The van der Waals surface area contributed by atoms with Gasteiger partial charge in [-0.3, -0.25) is 0 Å². The number of carboxylic acid groups (broad SMARTS) is 1. The largest absolute Gasteiger partial charge is 0.497 e. The van der Waals surface area contributed by atoms with E-state index in [1.54, 1.807) is 7.11 Å². The molecular formula is C31H32N2O5. The van der Waals surface area contributed by atoms with Gasteiger partial charge in [-0.05, 0) is 51.9 Å². The van der Waals surface area contributed by atoms with Crippen LogP contribution in [0.2, 0.25) is 0 Å². The van der Waals surface area contributed by atoms with Gasteiger partial charge >= 0.3 is 12.1 Å². The van der Waals surface area contributed by atoms with Gasteiger partial charge in [0.25, 0.3) is 0 Å². The molecular weight excluding hydrogens is 480 g/mol. The number of amides is 1. The van der Waals surface area contributed by atoms with Gasteiger partial charge in [0.1, 0.15) is 18.4 Å². The number of nitrogens with one attached hydrogen (secondary N) is 1. The molecule has 1 aromatic heterocycles. The van der Waals surface area contributed by atoms with E-state index in [1.165, 1.54) is 0 Å². The van der Waals surface area contributed by atoms with E-state index in [2.05, 4.69) is 35.9 Å². The van der Waals surface area contributed by atoms with Crippen molar-refractivity contribution in [1.29, 1.82) is 0 Å². The van der Waals surface area contributed by atoms with E-state index in [-0.39, 0.29) is 18.9 Å². The summed E-state index contributed by atoms with van der Waals surface area (Å²) in [5.41, 5.74) is 6.29. The van der Waals surface area contributed by atoms with E-state index in [0.717, 1.165) is 45.3 Å². The van der Waals surface area contributed by atoms with Crippen LogP contribution in [0.25, 0.3) is 22.0 Å². The van der Waals surface area contributed by atoms with Gasteiger partial charge in [-0.1, -0.05) is 62.4 Å². The average Bonchev–Trinajstić information content (AvgIpc) is 3.41. The van der Waals surface area contributed by atoms with Crippen molar-refractivity contribution in [3.8, 4) is 16.9 Å². The van der Waals surface area contributed by atoms with Gasteiger partial charge in [0, 0.05) is 36.0 Å². The number of nitrogens with zero attached hydrogens (tertiary/aromatic N) is 1. The third kappa shape index (κ3) is 4.96. The van der Waals surface area contributed by atoms with E-state index >= 15 is 0 Å². The molecule has 38 heavy (non-hydrogen) atoms. The van der Waals surface area contributed by atoms with Crippen molar-refractivity contribution in [2.24, 2.45) is 5.92 Å². The first-order valence-corrected chi connectivity index (χ1v) is 12.9. The first-order chi connectivity index (χ1) is 18.4. The number of hydrogen-bond donors (Lipinski definition) is 2. The highest BCUT2D eigenvalue weighted by molar-refractivity contribution is 5.87. The zero-order valence-corrected chi connectivity index (χ0v) is 21.8. The number of fused-ring (bicyclic) bond motifs is 4. The maximum atomic E-state index is 12.8. The van der Waals surface area contributed by atoms with Gasteiger partial charge < -0.3 is 24.5 Å². The average molecular weight is 513 g/mol. The summed E-state index contributed by atoms with van der Waals surface area (Å²) in [6.45, 7) is 5.18. The molecule has 1 aliphatic carbocycles. The molecule has 0 bridgehead atoms. The van der Waals surface area contributed by atoms with Crippen molar-refractivity contribution in [1.82, 2.24) is 9.88 Å². The molecule has 1 atom stereocenters. The van der Waals surface area contributed by atoms with Crippen LogP contribution in [0.1, 0.15) is 36.5 Å². The van der Waals surface area contributed by atoms with Crippen LogP contribution in [-0.4, -0.2) is 41.5 Å². The minimum Gasteiger partial charge on any atom is -0.497 e. The molecule has 5 rings (SSSR count). The Morgan fingerprint density at radius 1 is 1.00 bits per heavy atom. The monoisotopic (exact) mass is 512 g/mol. The zero-order valence-electron chi connectivity index (χ0n) is 21.8. The zero-order chi connectivity index (χ0) is 26.8. The SMILES string of the molecule is COc1ccc2c(c1)c(CC(NC(=O)OCC1c3ccccc3-c3ccccc31)C(=O)O)cn2CC(C)C. The van der Waals surface area contributed by atoms with Crippen molar-refractivity contribution < 1.29 is 24.2 Å². The Labute approximate surface area is 222 Å². The molecule has 0 aliphatic heterocycles. The number of aromatic nitrogens is 1. The number of rotatable bonds is 9. The van der Waals surface area contributed by atoms with Gasteiger partial charge in [-0.2, -0.15) is 0 Å². The fraction of sp³-hybridized carbons (Fsp3) is 0.290. The molecule has 1 amide bonds. The summed E-state index contributed by atoms with van der Waals surface area (Å²) in [4.78, 5) is 25.0. The molecule has 0 saturated heterocycles. The summed E-state index contributed by atoms with van der Waals surface area (Å²) >= 11 is 0. The van der Waals surface area contributed by atoms with E-state index in [9.17, 15) is 14.7 Å². The van der Waals surface area contributed by atoms with Gasteiger partial charge in [-0.25, -0.2) is 9.59 Å². The van der Waals surface area contributed by atoms with Crippen LogP contribution in [-0.2, 0) is 22.5 Å². The molecule has 1 aliphatic rings. The summed E-state index contributed by atoms with van der Waals surface area (Å²) in [5, 5.41) is 13.4. The highest BCUT2D eigenvalue weighted by atomic mass is 16.5. The number of carbonyl (C=O) groups excluding carboxylic acids is 1. The maximum Gasteiger partial charge on any atom is 0.407 e. The van der Waals surface area contributed by atoms with Crippen molar-refractivity contribution in [2.45, 2.75) is 38.8 Å². The second kappa shape index (κ2) is 10.6. The molecule has 2 N–H and O–H groups in total. The van der Waals surface area contributed by atoms with E-state index in [0.29, 0.717) is 11.7 Å². The number of carbonyl (C=O) groups is 2. The molecule has 0 fully saturated rings. The third-order valence-electron chi connectivity index (χ3n) is 7.09. The first-order valence-electron chi connectivity index (χ1n) is 12.9. The quantitative estimate of drug-likeness (QED) is 0.294. The number of methoxy groups -OCH3 is 1. The maximum absolute atomic E-state index is 12.8. The van der Waals surface area contributed by atoms with Gasteiger partial charge in [-0.15, -0.1) is 0 Å². The topological polar surface area (TPSA) is 89.8 Å². The molecule has 3 aromatic carbocycles. The lowest BCUT2D eigenvalue weighted by Gasteiger charge is -2.17. The predicted molar refractivity (Wildman–Crippen MR) is 147 cm³/mol. The molecule has 196 valence electrons. The van der Waals surface area contributed by atoms with Crippen LogP contribution in [0.3, 0.4) is 0 Å². The van der Waals surface area contributed by atoms with Crippen LogP contribution in [0.4, 0.5) is 4.79 Å². The summed E-state index contributed by atoms with van der Waals surface area (Å²) in [5.74, 6) is -0.115. The molecule has 0 saturated carbocycles. The Hall–Kier alpha value is -4.26. The van der Waals surface area contributed by atoms with E-state index in [1.807, 2.05) is 60.8 Å². The minimum atomic E-state index is -1.14. The van der Waals surface area contributed by atoms with Crippen molar-refractivity contribution >= 4 is 23.0 Å². The smallest absolute Gasteiger partial charge is 0.407 e. The molecule has 0 radical (unpaired) electrons. The fourth-order valence-electron chi connectivity index (χ4n) is 5.39. The number of aliphatic carboxylic acids is 1. The van der Waals surface area contributed by atoms with Gasteiger partial charge in [0.2, 0.25) is 0 Å². The van der Waals surface area contributed by atoms with Gasteiger partial charge in [0.05, 0.1) is 7.11 Å². The lowest BCUT2D eigenvalue weighted by Crippen LogP contribution is -2.42. The minimum absolute atomic E-state index is 0.0992. The Morgan fingerprint density at radius 2 is 1.66 bits per heavy atom. The Bertz CT molecular complexity index is 1440. The second-order valence-corrected chi connectivity index (χ2v) is 10.1. The highest BCUT2D eigenvalue weighted by Gasteiger charge is 2.30. The summed E-state index contributed by atoms with van der Waals surface area (Å²) < 4.78 is 13.1. The number of hydrogen-bond acceptors (Lipinski definition) is 4. The third-order valence-corrected chi connectivity index (χ3v) is 7.09. The van der Waals surface area contributed by atoms with Crippen LogP contribution in [0, 0.1) is 5.92 Å². The molecule has 0 spiro atoms. The van der Waals surface area contributed by atoms with E-state index in [4.69, 9.17) is 9.47 Å². The standard InChI is InChI=1S/C31H32N2O5/c1-19(2)16-33-17-20(26-15-21(37-3)12-13-29(26)33)14-28(30(34)35)32-31(36)38-18-27-24-10-6-4-8-22(24)23-9-5-7-11-25(23)27/h4-13,15,17,19,27-28H,14,16,18H2,1-3H3,(H,32,36)(H,34,35). The number of carboxylic acids is 1. The van der Waals surface area contributed by atoms with E-state index < -0.39 is 18.1 Å².